The van der Waals surface area contributed by atoms with Crippen LogP contribution in [0.2, 0.25) is 0 Å². The van der Waals surface area contributed by atoms with Gasteiger partial charge in [-0.25, -0.2) is 9.36 Å². The van der Waals surface area contributed by atoms with Gasteiger partial charge in [0.15, 0.2) is 6.10 Å². The minimum Gasteiger partial charge on any atom is -1.00 e. The number of carbonyl (C=O) groups excluding carboxylic acids is 1. The normalized spacial score (nSPS) is 14.0. The Morgan fingerprint density at radius 2 is 2.04 bits per heavy atom. The molecular weight excluding hydrogens is 346 g/mol. The molecule has 0 spiro atoms. The molecule has 0 aliphatic carbocycles. The van der Waals surface area contributed by atoms with E-state index < -0.39 is 49.9 Å². The van der Waals surface area contributed by atoms with Crippen molar-refractivity contribution in [1.82, 2.24) is 9.55 Å². The third-order valence-electron chi connectivity index (χ3n) is 2.60. The van der Waals surface area contributed by atoms with Gasteiger partial charge in [0.25, 0.3) is 11.5 Å². The molecule has 0 saturated carbocycles. The number of aliphatic hydroxyl groups excluding tert-OH is 2. The molecule has 2 atom stereocenters. The number of nitrogens with one attached hydrogen (secondary N) is 1. The van der Waals surface area contributed by atoms with E-state index in [1.54, 1.807) is 0 Å². The molecule has 0 saturated heterocycles. The number of ether oxygens (including phenoxy) is 1. The third-order valence-corrected chi connectivity index (χ3v) is 3.08. The zero-order valence-corrected chi connectivity index (χ0v) is 15.3. The fraction of sp³-hybridized carbons (Fsp3) is 0.500. The minimum atomic E-state index is -4.57. The van der Waals surface area contributed by atoms with Crippen molar-refractivity contribution in [3.8, 4) is 0 Å². The van der Waals surface area contributed by atoms with Gasteiger partial charge in [0.1, 0.15) is 12.5 Å². The van der Waals surface area contributed by atoms with Crippen LogP contribution in [0.4, 0.5) is 0 Å². The molecule has 0 aliphatic rings. The summed E-state index contributed by atoms with van der Waals surface area (Å²) < 4.78 is 15.7. The number of aromatic amines is 1. The fourth-order valence-corrected chi connectivity index (χ4v) is 1.85. The Balaban J connectivity index is 0. The van der Waals surface area contributed by atoms with E-state index in [0.717, 1.165) is 6.20 Å². The molecule has 13 heteroatoms. The molecule has 1 heterocycles. The Morgan fingerprint density at radius 1 is 1.48 bits per heavy atom. The average Bonchev–Trinajstić information content (AvgIpc) is 2.41. The van der Waals surface area contributed by atoms with Crippen LogP contribution in [-0.2, 0) is 9.30 Å². The Labute approximate surface area is 152 Å². The topological polar surface area (TPSA) is 179 Å². The molecule has 1 aromatic rings. The summed E-state index contributed by atoms with van der Waals surface area (Å²) in [5.41, 5.74) is -1.79. The molecule has 0 aromatic carbocycles. The van der Waals surface area contributed by atoms with E-state index in [-0.39, 0.29) is 36.5 Å². The maximum Gasteiger partial charge on any atom is 1.00 e. The molecule has 0 fully saturated rings. The number of hydrogen-bond donors (Lipinski definition) is 5. The monoisotopic (exact) mass is 362 g/mol. The summed E-state index contributed by atoms with van der Waals surface area (Å²) in [6.45, 7) is 0.395. The van der Waals surface area contributed by atoms with Gasteiger partial charge in [0, 0.05) is 11.8 Å². The van der Waals surface area contributed by atoms with Crippen LogP contribution in [0.1, 0.15) is 11.8 Å². The van der Waals surface area contributed by atoms with Crippen LogP contribution in [0.15, 0.2) is 15.8 Å². The SMILES string of the molecule is Cc1cn(C(=O)[C@H](O)[C@H](CO)OCP(=O)(O)O)c(=O)[nH]c1=O.[H-].[Na+]. The molecule has 1 rings (SSSR count). The van der Waals surface area contributed by atoms with Gasteiger partial charge < -0.3 is 26.2 Å². The van der Waals surface area contributed by atoms with Crippen LogP contribution in [0.3, 0.4) is 0 Å². The second-order valence-corrected chi connectivity index (χ2v) is 5.99. The van der Waals surface area contributed by atoms with Crippen molar-refractivity contribution in [2.24, 2.45) is 0 Å². The smallest absolute Gasteiger partial charge is 1.00 e. The summed E-state index contributed by atoms with van der Waals surface area (Å²) in [6.07, 6.45) is -3.95. The van der Waals surface area contributed by atoms with E-state index in [1.807, 2.05) is 4.98 Å². The summed E-state index contributed by atoms with van der Waals surface area (Å²) in [7, 11) is -4.57. The number of H-pyrrole nitrogens is 1. The number of rotatable bonds is 6. The first-order chi connectivity index (χ1) is 10.1. The van der Waals surface area contributed by atoms with E-state index >= 15 is 0 Å². The number of carbonyl (C=O) groups is 1. The van der Waals surface area contributed by atoms with Crippen LogP contribution in [0.25, 0.3) is 0 Å². The first kappa shape index (κ1) is 22.4. The van der Waals surface area contributed by atoms with E-state index in [1.165, 1.54) is 6.92 Å². The predicted molar refractivity (Wildman–Crippen MR) is 72.7 cm³/mol. The zero-order chi connectivity index (χ0) is 17.1. The van der Waals surface area contributed by atoms with E-state index in [9.17, 15) is 24.1 Å². The Morgan fingerprint density at radius 3 is 2.52 bits per heavy atom. The quantitative estimate of drug-likeness (QED) is 0.244. The van der Waals surface area contributed by atoms with Gasteiger partial charge >= 0.3 is 42.8 Å². The summed E-state index contributed by atoms with van der Waals surface area (Å²) in [6, 6.07) is 0. The predicted octanol–water partition coefficient (Wildman–Crippen LogP) is -5.52. The van der Waals surface area contributed by atoms with Crippen molar-refractivity contribution in [2.45, 2.75) is 19.1 Å². The van der Waals surface area contributed by atoms with E-state index in [2.05, 4.69) is 4.74 Å². The maximum atomic E-state index is 12.0. The maximum absolute atomic E-state index is 12.0. The first-order valence-electron chi connectivity index (χ1n) is 5.88. The van der Waals surface area contributed by atoms with Crippen LogP contribution in [0.5, 0.6) is 0 Å². The van der Waals surface area contributed by atoms with Gasteiger partial charge in [-0.15, -0.1) is 0 Å². The van der Waals surface area contributed by atoms with Gasteiger partial charge in [-0.3, -0.25) is 19.1 Å². The summed E-state index contributed by atoms with van der Waals surface area (Å²) >= 11 is 0. The van der Waals surface area contributed by atoms with E-state index in [4.69, 9.17) is 14.9 Å². The van der Waals surface area contributed by atoms with Crippen molar-refractivity contribution in [3.63, 3.8) is 0 Å². The van der Waals surface area contributed by atoms with Gasteiger partial charge in [-0.2, -0.15) is 0 Å². The van der Waals surface area contributed by atoms with Gasteiger partial charge in [0.05, 0.1) is 6.61 Å². The molecular formula is C10H16N2NaO9P. The number of aromatic nitrogens is 2. The first-order valence-corrected chi connectivity index (χ1v) is 7.68. The average molecular weight is 362 g/mol. The van der Waals surface area contributed by atoms with Crippen molar-refractivity contribution in [3.05, 3.63) is 32.6 Å². The molecule has 0 amide bonds. The molecule has 23 heavy (non-hydrogen) atoms. The molecule has 0 unspecified atom stereocenters. The Kier molecular flexibility index (Phi) is 8.77. The minimum absolute atomic E-state index is 0. The number of aliphatic hydroxyl groups is 2. The molecule has 11 nitrogen and oxygen atoms in total. The molecule has 5 N–H and O–H groups in total. The van der Waals surface area contributed by atoms with Crippen LogP contribution in [-0.4, -0.2) is 60.6 Å². The van der Waals surface area contributed by atoms with Crippen molar-refractivity contribution in [1.29, 1.82) is 0 Å². The van der Waals surface area contributed by atoms with Crippen LogP contribution in [0, 0.1) is 6.92 Å². The summed E-state index contributed by atoms with van der Waals surface area (Å²) in [5.74, 6) is -1.23. The zero-order valence-electron chi connectivity index (χ0n) is 13.4. The number of hydrogen-bond acceptors (Lipinski definition) is 7. The van der Waals surface area contributed by atoms with Gasteiger partial charge in [0.2, 0.25) is 0 Å². The van der Waals surface area contributed by atoms with Crippen LogP contribution >= 0.6 is 7.60 Å². The Hall–Kier alpha value is -0.620. The fourth-order valence-electron chi connectivity index (χ4n) is 1.47. The third kappa shape index (κ3) is 6.42. The second kappa shape index (κ2) is 9.02. The van der Waals surface area contributed by atoms with Gasteiger partial charge in [-0.05, 0) is 6.92 Å². The molecule has 0 radical (unpaired) electrons. The molecule has 1 aromatic heterocycles. The van der Waals surface area contributed by atoms with E-state index in [0.29, 0.717) is 4.57 Å². The summed E-state index contributed by atoms with van der Waals surface area (Å²) in [5, 5.41) is 18.8. The number of aryl methyl sites for hydroxylation is 1. The molecule has 0 bridgehead atoms. The Bertz CT molecular complexity index is 715. The second-order valence-electron chi connectivity index (χ2n) is 4.41. The van der Waals surface area contributed by atoms with Crippen LogP contribution < -0.4 is 40.8 Å². The molecule has 0 aliphatic heterocycles. The number of nitrogens with zero attached hydrogens (tertiary/aromatic N) is 1. The molecule has 126 valence electrons. The van der Waals surface area contributed by atoms with Crippen molar-refractivity contribution < 1.29 is 65.1 Å². The summed E-state index contributed by atoms with van der Waals surface area (Å²) in [4.78, 5) is 53.8. The van der Waals surface area contributed by atoms with Crippen molar-refractivity contribution in [2.75, 3.05) is 13.0 Å². The van der Waals surface area contributed by atoms with Crippen molar-refractivity contribution >= 4 is 13.5 Å². The van der Waals surface area contributed by atoms with Gasteiger partial charge in [-0.1, -0.05) is 0 Å². The standard InChI is InChI=1S/C10H15N2O9P.Na.H/c1-5-2-12(10(17)11-8(5)15)9(16)7(14)6(3-13)21-4-22(18,19)20;;/h2,6-7,13-14H,3-4H2,1H3,(H,11,15,17)(H2,18,19,20);;/q;+1;-1/t6-,7+;;/m0../s1. The largest absolute Gasteiger partial charge is 1.00 e.